The van der Waals surface area contributed by atoms with Crippen LogP contribution >= 0.6 is 0 Å². The van der Waals surface area contributed by atoms with Crippen LogP contribution in [-0.4, -0.2) is 49.6 Å². The Morgan fingerprint density at radius 3 is 2.74 bits per heavy atom. The minimum atomic E-state index is -0.584. The van der Waals surface area contributed by atoms with Crippen LogP contribution in [0.4, 0.5) is 5.95 Å². The molecule has 5 heterocycles. The van der Waals surface area contributed by atoms with Gasteiger partial charge < -0.3 is 19.5 Å². The van der Waals surface area contributed by atoms with Crippen molar-refractivity contribution in [1.82, 2.24) is 29.8 Å². The van der Waals surface area contributed by atoms with E-state index in [1.807, 2.05) is 37.6 Å². The molecule has 1 spiro atoms. The number of hydrogen-bond donors (Lipinski definition) is 1. The Balaban J connectivity index is 1.30. The third-order valence-electron chi connectivity index (χ3n) is 5.96. The lowest BCUT2D eigenvalue weighted by Crippen LogP contribution is -2.54. The largest absolute Gasteiger partial charge is 0.352 e. The predicted octanol–water partition coefficient (Wildman–Crippen LogP) is 1.59. The van der Waals surface area contributed by atoms with E-state index in [2.05, 4.69) is 34.7 Å². The van der Waals surface area contributed by atoms with Crippen LogP contribution in [-0.2, 0) is 28.2 Å². The van der Waals surface area contributed by atoms with Gasteiger partial charge in [0.25, 0.3) is 5.91 Å². The molecule has 5 rings (SSSR count). The summed E-state index contributed by atoms with van der Waals surface area (Å²) in [6, 6.07) is 3.80. The Labute approximate surface area is 180 Å². The number of imidazole rings is 1. The zero-order valence-corrected chi connectivity index (χ0v) is 17.4. The molecule has 1 unspecified atom stereocenters. The van der Waals surface area contributed by atoms with Crippen molar-refractivity contribution in [2.75, 3.05) is 18.0 Å². The number of nitrogens with one attached hydrogen (secondary N) is 1. The zero-order valence-electron chi connectivity index (χ0n) is 17.4. The molecule has 0 aromatic carbocycles. The number of aryl methyl sites for hydroxylation is 1. The molecule has 1 fully saturated rings. The number of aromatic nitrogens is 5. The molecule has 3 aromatic heterocycles. The quantitative estimate of drug-likeness (QED) is 0.686. The lowest BCUT2D eigenvalue weighted by molar-refractivity contribution is -0.167. The molecule has 9 heteroatoms. The molecule has 2 aliphatic rings. The van der Waals surface area contributed by atoms with E-state index < -0.39 is 11.7 Å². The summed E-state index contributed by atoms with van der Waals surface area (Å²) in [6.07, 6.45) is 11.7. The van der Waals surface area contributed by atoms with E-state index in [9.17, 15) is 4.79 Å². The number of piperidine rings is 1. The summed E-state index contributed by atoms with van der Waals surface area (Å²) in [5.41, 5.74) is 1.41. The highest BCUT2D eigenvalue weighted by Gasteiger charge is 2.47. The summed E-state index contributed by atoms with van der Waals surface area (Å²) in [7, 11) is 0. The number of nitrogens with zero attached hydrogens (tertiary/aromatic N) is 6. The summed E-state index contributed by atoms with van der Waals surface area (Å²) >= 11 is 0. The monoisotopic (exact) mass is 419 g/mol. The van der Waals surface area contributed by atoms with Crippen LogP contribution < -0.4 is 10.2 Å². The number of hydrogen-bond acceptors (Lipinski definition) is 7. The highest BCUT2D eigenvalue weighted by molar-refractivity contribution is 5.80. The van der Waals surface area contributed by atoms with E-state index in [-0.39, 0.29) is 5.91 Å². The van der Waals surface area contributed by atoms with E-state index >= 15 is 0 Å². The minimum absolute atomic E-state index is 0.119. The van der Waals surface area contributed by atoms with E-state index in [0.29, 0.717) is 25.9 Å². The van der Waals surface area contributed by atoms with Crippen LogP contribution in [0.3, 0.4) is 0 Å². The standard InChI is InChI=1S/C22H25N7O2/c1-16-11-26-21(27-12-16)28-8-4-22(5-9-28)20-24-7-10-29(20)15-18(31-22)19(30)25-14-17-3-2-6-23-13-17/h2-3,6-7,10-13,18H,4-5,8-9,14-15H2,1H3,(H,25,30). The maximum atomic E-state index is 12.9. The van der Waals surface area contributed by atoms with Crippen molar-refractivity contribution in [2.45, 2.75) is 44.6 Å². The number of amides is 1. The molecule has 0 bridgehead atoms. The normalized spacial score (nSPS) is 19.8. The Bertz CT molecular complexity index is 1040. The van der Waals surface area contributed by atoms with Gasteiger partial charge in [-0.15, -0.1) is 0 Å². The topological polar surface area (TPSA) is 98.1 Å². The number of carbonyl (C=O) groups excluding carboxylic acids is 1. The molecule has 1 saturated heterocycles. The Morgan fingerprint density at radius 2 is 2.00 bits per heavy atom. The molecule has 0 saturated carbocycles. The summed E-state index contributed by atoms with van der Waals surface area (Å²) in [5.74, 6) is 1.51. The first-order valence-corrected chi connectivity index (χ1v) is 10.5. The second-order valence-electron chi connectivity index (χ2n) is 8.13. The Kier molecular flexibility index (Phi) is 5.11. The SMILES string of the molecule is Cc1cnc(N2CCC3(CC2)OC(C(=O)NCc2cccnc2)Cn2ccnc23)nc1. The molecule has 1 atom stereocenters. The molecular weight excluding hydrogens is 394 g/mol. The molecule has 3 aromatic rings. The van der Waals surface area contributed by atoms with E-state index in [1.54, 1.807) is 18.6 Å². The number of pyridine rings is 1. The number of rotatable bonds is 4. The van der Waals surface area contributed by atoms with Gasteiger partial charge in [-0.25, -0.2) is 15.0 Å². The van der Waals surface area contributed by atoms with Crippen molar-refractivity contribution in [3.8, 4) is 0 Å². The smallest absolute Gasteiger partial charge is 0.251 e. The van der Waals surface area contributed by atoms with Crippen LogP contribution in [0.2, 0.25) is 0 Å². The Morgan fingerprint density at radius 1 is 1.19 bits per heavy atom. The first kappa shape index (κ1) is 19.6. The van der Waals surface area contributed by atoms with Crippen LogP contribution in [0, 0.1) is 6.92 Å². The highest BCUT2D eigenvalue weighted by atomic mass is 16.5. The van der Waals surface area contributed by atoms with Crippen LogP contribution in [0.25, 0.3) is 0 Å². The summed E-state index contributed by atoms with van der Waals surface area (Å²) in [6.45, 7) is 4.33. The van der Waals surface area contributed by atoms with Crippen molar-refractivity contribution in [3.63, 3.8) is 0 Å². The van der Waals surface area contributed by atoms with Crippen LogP contribution in [0.5, 0.6) is 0 Å². The van der Waals surface area contributed by atoms with Gasteiger partial charge in [-0.05, 0) is 24.1 Å². The lowest BCUT2D eigenvalue weighted by Gasteiger charge is -2.45. The number of ether oxygens (including phenoxy) is 1. The summed E-state index contributed by atoms with van der Waals surface area (Å²) < 4.78 is 8.53. The number of carbonyl (C=O) groups is 1. The molecule has 1 amide bonds. The van der Waals surface area contributed by atoms with Crippen molar-refractivity contribution in [3.05, 3.63) is 66.3 Å². The molecule has 9 nitrogen and oxygen atoms in total. The lowest BCUT2D eigenvalue weighted by atomic mass is 9.88. The van der Waals surface area contributed by atoms with Gasteiger partial charge in [0.05, 0.1) is 6.54 Å². The van der Waals surface area contributed by atoms with Gasteiger partial charge in [0.1, 0.15) is 11.4 Å². The van der Waals surface area contributed by atoms with E-state index in [4.69, 9.17) is 4.74 Å². The van der Waals surface area contributed by atoms with Crippen molar-refractivity contribution in [1.29, 1.82) is 0 Å². The van der Waals surface area contributed by atoms with E-state index in [1.165, 1.54) is 0 Å². The average molecular weight is 419 g/mol. The van der Waals surface area contributed by atoms with Crippen molar-refractivity contribution in [2.24, 2.45) is 0 Å². The van der Waals surface area contributed by atoms with Crippen molar-refractivity contribution >= 4 is 11.9 Å². The second-order valence-corrected chi connectivity index (χ2v) is 8.13. The predicted molar refractivity (Wildman–Crippen MR) is 113 cm³/mol. The Hall–Kier alpha value is -3.33. The summed E-state index contributed by atoms with van der Waals surface area (Å²) in [4.78, 5) is 32.7. The summed E-state index contributed by atoms with van der Waals surface area (Å²) in [5, 5.41) is 2.99. The highest BCUT2D eigenvalue weighted by Crippen LogP contribution is 2.40. The van der Waals surface area contributed by atoms with Crippen LogP contribution in [0.15, 0.2) is 49.3 Å². The fraction of sp³-hybridized carbons (Fsp3) is 0.409. The molecule has 2 aliphatic heterocycles. The van der Waals surface area contributed by atoms with Gasteiger partial charge >= 0.3 is 0 Å². The van der Waals surface area contributed by atoms with Gasteiger partial charge in [-0.2, -0.15) is 0 Å². The molecule has 31 heavy (non-hydrogen) atoms. The van der Waals surface area contributed by atoms with Gasteiger partial charge in [-0.3, -0.25) is 9.78 Å². The fourth-order valence-electron chi connectivity index (χ4n) is 4.30. The van der Waals surface area contributed by atoms with Gasteiger partial charge in [0, 0.05) is 69.7 Å². The maximum absolute atomic E-state index is 12.9. The number of fused-ring (bicyclic) bond motifs is 2. The van der Waals surface area contributed by atoms with Gasteiger partial charge in [0.15, 0.2) is 6.10 Å². The van der Waals surface area contributed by atoms with Crippen molar-refractivity contribution < 1.29 is 9.53 Å². The van der Waals surface area contributed by atoms with Gasteiger partial charge in [-0.1, -0.05) is 6.07 Å². The van der Waals surface area contributed by atoms with Gasteiger partial charge in [0.2, 0.25) is 5.95 Å². The third kappa shape index (κ3) is 3.88. The zero-order chi connectivity index (χ0) is 21.3. The first-order chi connectivity index (χ1) is 15.1. The molecular formula is C22H25N7O2. The van der Waals surface area contributed by atoms with Crippen LogP contribution in [0.1, 0.15) is 29.8 Å². The average Bonchev–Trinajstić information content (AvgIpc) is 3.29. The van der Waals surface area contributed by atoms with E-state index in [0.717, 1.165) is 36.0 Å². The molecule has 1 N–H and O–H groups in total. The minimum Gasteiger partial charge on any atom is -0.352 e. The maximum Gasteiger partial charge on any atom is 0.251 e. The third-order valence-corrected chi connectivity index (χ3v) is 5.96. The molecule has 0 aliphatic carbocycles. The molecule has 160 valence electrons. The molecule has 0 radical (unpaired) electrons. The second kappa shape index (κ2) is 8.07. The number of anilines is 1. The first-order valence-electron chi connectivity index (χ1n) is 10.5. The fourth-order valence-corrected chi connectivity index (χ4v) is 4.30.